The lowest BCUT2D eigenvalue weighted by molar-refractivity contribution is -0.124. The first-order chi connectivity index (χ1) is 6.13. The van der Waals surface area contributed by atoms with Crippen LogP contribution < -0.4 is 5.32 Å². The van der Waals surface area contributed by atoms with Crippen molar-refractivity contribution in [2.24, 2.45) is 0 Å². The predicted octanol–water partition coefficient (Wildman–Crippen LogP) is 0.820. The first kappa shape index (κ1) is 10.1. The molecule has 0 aromatic carbocycles. The number of carbonyl (C=O) groups excluding carboxylic acids is 1. The van der Waals surface area contributed by atoms with E-state index >= 15 is 0 Å². The molecule has 1 aromatic heterocycles. The van der Waals surface area contributed by atoms with Crippen LogP contribution in [-0.2, 0) is 9.53 Å². The average molecular weight is 201 g/mol. The summed E-state index contributed by atoms with van der Waals surface area (Å²) in [6, 6.07) is 0. The molecule has 0 aliphatic rings. The summed E-state index contributed by atoms with van der Waals surface area (Å²) in [7, 11) is 1.48. The number of hydrogen-bond acceptors (Lipinski definition) is 5. The van der Waals surface area contributed by atoms with Gasteiger partial charge in [0.25, 0.3) is 5.91 Å². The molecule has 5 nitrogen and oxygen atoms in total. The summed E-state index contributed by atoms with van der Waals surface area (Å²) in [4.78, 5) is 11.3. The fraction of sp³-hybridized carbons (Fsp3) is 0.571. The van der Waals surface area contributed by atoms with Crippen LogP contribution in [0.3, 0.4) is 0 Å². The molecule has 1 N–H and O–H groups in total. The van der Waals surface area contributed by atoms with Gasteiger partial charge in [-0.05, 0) is 13.8 Å². The maximum Gasteiger partial charge on any atom is 0.255 e. The Kier molecular flexibility index (Phi) is 3.32. The molecule has 1 rings (SSSR count). The first-order valence-electron chi connectivity index (χ1n) is 3.77. The molecular weight excluding hydrogens is 190 g/mol. The number of carbonyl (C=O) groups is 1. The molecule has 0 saturated carbocycles. The third kappa shape index (κ3) is 2.74. The van der Waals surface area contributed by atoms with E-state index < -0.39 is 6.10 Å². The van der Waals surface area contributed by atoms with E-state index in [-0.39, 0.29) is 5.91 Å². The Hall–Kier alpha value is -1.01. The van der Waals surface area contributed by atoms with Gasteiger partial charge < -0.3 is 4.74 Å². The summed E-state index contributed by atoms with van der Waals surface area (Å²) >= 11 is 1.33. The van der Waals surface area contributed by atoms with E-state index in [1.165, 1.54) is 18.4 Å². The lowest BCUT2D eigenvalue weighted by Crippen LogP contribution is -2.26. The smallest absolute Gasteiger partial charge is 0.255 e. The Balaban J connectivity index is 2.54. The van der Waals surface area contributed by atoms with E-state index in [9.17, 15) is 4.79 Å². The monoisotopic (exact) mass is 201 g/mol. The van der Waals surface area contributed by atoms with Crippen molar-refractivity contribution < 1.29 is 9.53 Å². The number of methoxy groups -OCH3 is 1. The van der Waals surface area contributed by atoms with Crippen molar-refractivity contribution >= 4 is 22.4 Å². The first-order valence-corrected chi connectivity index (χ1v) is 4.59. The minimum absolute atomic E-state index is 0.210. The van der Waals surface area contributed by atoms with Gasteiger partial charge in [0.1, 0.15) is 11.1 Å². The second-order valence-corrected chi connectivity index (χ2v) is 3.68. The Morgan fingerprint density at radius 1 is 1.62 bits per heavy atom. The molecule has 0 spiro atoms. The molecule has 1 heterocycles. The largest absolute Gasteiger partial charge is 0.372 e. The molecule has 0 fully saturated rings. The number of nitrogens with one attached hydrogen (secondary N) is 1. The molecule has 0 bridgehead atoms. The van der Waals surface area contributed by atoms with Gasteiger partial charge in [0.05, 0.1) is 0 Å². The number of anilines is 1. The van der Waals surface area contributed by atoms with Crippen molar-refractivity contribution in [3.63, 3.8) is 0 Å². The van der Waals surface area contributed by atoms with Crippen LogP contribution in [-0.4, -0.2) is 29.3 Å². The van der Waals surface area contributed by atoms with Crippen LogP contribution in [0.5, 0.6) is 0 Å². The van der Waals surface area contributed by atoms with Crippen molar-refractivity contribution in [2.75, 3.05) is 12.4 Å². The second-order valence-electron chi connectivity index (χ2n) is 2.49. The fourth-order valence-electron chi connectivity index (χ4n) is 0.661. The molecule has 0 radical (unpaired) electrons. The van der Waals surface area contributed by atoms with Crippen LogP contribution in [0.2, 0.25) is 0 Å². The predicted molar refractivity (Wildman–Crippen MR) is 49.7 cm³/mol. The minimum Gasteiger partial charge on any atom is -0.372 e. The minimum atomic E-state index is -0.468. The summed E-state index contributed by atoms with van der Waals surface area (Å²) < 4.78 is 4.84. The van der Waals surface area contributed by atoms with Crippen LogP contribution in [0.1, 0.15) is 11.9 Å². The van der Waals surface area contributed by atoms with Gasteiger partial charge in [-0.1, -0.05) is 11.3 Å². The molecule has 72 valence electrons. The van der Waals surface area contributed by atoms with Gasteiger partial charge in [-0.15, -0.1) is 10.2 Å². The summed E-state index contributed by atoms with van der Waals surface area (Å²) in [6.07, 6.45) is -0.468. The van der Waals surface area contributed by atoms with Gasteiger partial charge in [-0.3, -0.25) is 10.1 Å². The standard InChI is InChI=1S/C7H11N3O2S/c1-4(12-3)6(11)8-7-10-9-5(2)13-7/h4H,1-3H3,(H,8,10,11). The lowest BCUT2D eigenvalue weighted by atomic mass is 10.4. The summed E-state index contributed by atoms with van der Waals surface area (Å²) in [5.41, 5.74) is 0. The Bertz CT molecular complexity index is 300. The third-order valence-electron chi connectivity index (χ3n) is 1.48. The van der Waals surface area contributed by atoms with Gasteiger partial charge in [0, 0.05) is 7.11 Å². The zero-order valence-electron chi connectivity index (χ0n) is 7.70. The normalized spacial score (nSPS) is 12.5. The Labute approximate surface area is 80.1 Å². The van der Waals surface area contributed by atoms with E-state index in [0.717, 1.165) is 5.01 Å². The van der Waals surface area contributed by atoms with Gasteiger partial charge >= 0.3 is 0 Å². The van der Waals surface area contributed by atoms with Gasteiger partial charge in [-0.2, -0.15) is 0 Å². The third-order valence-corrected chi connectivity index (χ3v) is 2.23. The van der Waals surface area contributed by atoms with Crippen LogP contribution in [0.25, 0.3) is 0 Å². The van der Waals surface area contributed by atoms with Gasteiger partial charge in [-0.25, -0.2) is 0 Å². The zero-order chi connectivity index (χ0) is 9.84. The van der Waals surface area contributed by atoms with Crippen LogP contribution in [0, 0.1) is 6.92 Å². The second kappa shape index (κ2) is 4.29. The summed E-state index contributed by atoms with van der Waals surface area (Å²) in [5, 5.41) is 11.4. The highest BCUT2D eigenvalue weighted by molar-refractivity contribution is 7.15. The number of amides is 1. The summed E-state index contributed by atoms with van der Waals surface area (Å²) in [6.45, 7) is 3.50. The molecule has 13 heavy (non-hydrogen) atoms. The van der Waals surface area contributed by atoms with E-state index in [4.69, 9.17) is 4.74 Å². The van der Waals surface area contributed by atoms with E-state index in [1.54, 1.807) is 6.92 Å². The fourth-order valence-corrected chi connectivity index (χ4v) is 1.26. The summed E-state index contributed by atoms with van der Waals surface area (Å²) in [5.74, 6) is -0.210. The number of nitrogens with zero attached hydrogens (tertiary/aromatic N) is 2. The Morgan fingerprint density at radius 2 is 2.31 bits per heavy atom. The highest BCUT2D eigenvalue weighted by atomic mass is 32.1. The van der Waals surface area contributed by atoms with Crippen molar-refractivity contribution in [1.29, 1.82) is 0 Å². The van der Waals surface area contributed by atoms with Gasteiger partial charge in [0.2, 0.25) is 5.13 Å². The van der Waals surface area contributed by atoms with Crippen molar-refractivity contribution in [1.82, 2.24) is 10.2 Å². The van der Waals surface area contributed by atoms with Gasteiger partial charge in [0.15, 0.2) is 0 Å². The average Bonchev–Trinajstić information content (AvgIpc) is 2.49. The van der Waals surface area contributed by atoms with E-state index in [2.05, 4.69) is 15.5 Å². The molecule has 1 aromatic rings. The van der Waals surface area contributed by atoms with Crippen molar-refractivity contribution in [2.45, 2.75) is 20.0 Å². The van der Waals surface area contributed by atoms with Crippen molar-refractivity contribution in [3.05, 3.63) is 5.01 Å². The maximum absolute atomic E-state index is 11.3. The number of ether oxygens (including phenoxy) is 1. The highest BCUT2D eigenvalue weighted by Gasteiger charge is 2.13. The van der Waals surface area contributed by atoms with Crippen LogP contribution in [0.4, 0.5) is 5.13 Å². The highest BCUT2D eigenvalue weighted by Crippen LogP contribution is 2.13. The van der Waals surface area contributed by atoms with Crippen LogP contribution in [0.15, 0.2) is 0 Å². The molecule has 1 amide bonds. The molecule has 0 aliphatic carbocycles. The number of aryl methyl sites for hydroxylation is 1. The number of hydrogen-bond donors (Lipinski definition) is 1. The Morgan fingerprint density at radius 3 is 2.77 bits per heavy atom. The topological polar surface area (TPSA) is 64.1 Å². The molecule has 1 atom stereocenters. The molecular formula is C7H11N3O2S. The zero-order valence-corrected chi connectivity index (χ0v) is 8.51. The maximum atomic E-state index is 11.3. The molecule has 6 heteroatoms. The van der Waals surface area contributed by atoms with E-state index in [0.29, 0.717) is 5.13 Å². The van der Waals surface area contributed by atoms with Crippen molar-refractivity contribution in [3.8, 4) is 0 Å². The van der Waals surface area contributed by atoms with E-state index in [1.807, 2.05) is 6.92 Å². The molecule has 1 unspecified atom stereocenters. The van der Waals surface area contributed by atoms with Crippen LogP contribution >= 0.6 is 11.3 Å². The number of rotatable bonds is 3. The lowest BCUT2D eigenvalue weighted by Gasteiger charge is -2.06. The molecule has 0 saturated heterocycles. The molecule has 0 aliphatic heterocycles. The SMILES string of the molecule is COC(C)C(=O)Nc1nnc(C)s1. The quantitative estimate of drug-likeness (QED) is 0.786. The number of aromatic nitrogens is 2.